The minimum absolute atomic E-state index is 0.0713. The second-order valence-corrected chi connectivity index (χ2v) is 7.77. The zero-order chi connectivity index (χ0) is 21.2. The molecule has 5 nitrogen and oxygen atoms in total. The van der Waals surface area contributed by atoms with Crippen molar-refractivity contribution in [1.29, 1.82) is 0 Å². The molecule has 29 heavy (non-hydrogen) atoms. The Morgan fingerprint density at radius 2 is 2.00 bits per heavy atom. The molecule has 0 saturated carbocycles. The van der Waals surface area contributed by atoms with Crippen LogP contribution in [0.4, 0.5) is 13.2 Å². The summed E-state index contributed by atoms with van der Waals surface area (Å²) in [6.07, 6.45) is -1.89. The van der Waals surface area contributed by atoms with Gasteiger partial charge in [-0.2, -0.15) is 13.2 Å². The number of benzene rings is 1. The Morgan fingerprint density at radius 3 is 2.59 bits per heavy atom. The van der Waals surface area contributed by atoms with E-state index in [2.05, 4.69) is 22.1 Å². The average Bonchev–Trinajstić information content (AvgIpc) is 3.06. The number of nitrogens with zero attached hydrogens (tertiary/aromatic N) is 2. The normalized spacial score (nSPS) is 17.9. The molecule has 1 heterocycles. The first-order valence-electron chi connectivity index (χ1n) is 8.45. The Morgan fingerprint density at radius 1 is 1.31 bits per heavy atom. The van der Waals surface area contributed by atoms with Crippen molar-refractivity contribution in [3.05, 3.63) is 74.8 Å². The van der Waals surface area contributed by atoms with Crippen LogP contribution in [0.25, 0.3) is 4.85 Å². The number of hydrogen-bond acceptors (Lipinski definition) is 4. The summed E-state index contributed by atoms with van der Waals surface area (Å²) < 4.78 is 56.8. The molecular formula is C20H15F3N2O3S+. The van der Waals surface area contributed by atoms with Gasteiger partial charge in [-0.3, -0.25) is 4.79 Å². The SMILES string of the molecule is CC1=[C]C(=O)C(C(F)(F)F)C=C1[S+]([O-])c1ccc(C#[N+]Cc2cc(C)no2)cc1. The van der Waals surface area contributed by atoms with Gasteiger partial charge in [0.25, 0.3) is 0 Å². The van der Waals surface area contributed by atoms with Crippen LogP contribution in [0.1, 0.15) is 23.9 Å². The fourth-order valence-corrected chi connectivity index (χ4v) is 3.83. The number of rotatable bonds is 3. The molecule has 2 unspecified atom stereocenters. The van der Waals surface area contributed by atoms with Crippen molar-refractivity contribution in [2.75, 3.05) is 0 Å². The van der Waals surface area contributed by atoms with Crippen molar-refractivity contribution in [2.24, 2.45) is 5.92 Å². The van der Waals surface area contributed by atoms with Gasteiger partial charge >= 0.3 is 18.8 Å². The number of ketones is 1. The van der Waals surface area contributed by atoms with Gasteiger partial charge in [0.1, 0.15) is 11.5 Å². The number of allylic oxidation sites excluding steroid dienone is 3. The summed E-state index contributed by atoms with van der Waals surface area (Å²) >= 11 is -1.88. The van der Waals surface area contributed by atoms with Gasteiger partial charge in [-0.05, 0) is 44.2 Å². The second-order valence-electron chi connectivity index (χ2n) is 6.32. The van der Waals surface area contributed by atoms with E-state index in [4.69, 9.17) is 4.52 Å². The maximum Gasteiger partial charge on any atom is 0.402 e. The molecule has 1 aromatic carbocycles. The Balaban J connectivity index is 1.75. The molecule has 0 amide bonds. The highest BCUT2D eigenvalue weighted by atomic mass is 32.2. The fourth-order valence-electron chi connectivity index (χ4n) is 2.60. The van der Waals surface area contributed by atoms with Gasteiger partial charge in [-0.1, -0.05) is 10.0 Å². The topological polar surface area (TPSA) is 70.5 Å². The smallest absolute Gasteiger partial charge is 0.402 e. The van der Waals surface area contributed by atoms with Gasteiger partial charge < -0.3 is 9.08 Å². The van der Waals surface area contributed by atoms with Crippen LogP contribution < -0.4 is 0 Å². The van der Waals surface area contributed by atoms with E-state index < -0.39 is 29.1 Å². The standard InChI is InChI=1S/C20H15F3N2O3S/c1-12-7-18(26)17(20(21,22)23)9-19(12)29(27)16-5-3-14(4-6-16)10-24-11-15-8-13(2)25-28-15/h3-6,8-9,17H,11H2,1-2H3/q+1. The summed E-state index contributed by atoms with van der Waals surface area (Å²) in [6, 6.07) is 10.8. The minimum Gasteiger partial charge on any atom is -0.606 e. The summed E-state index contributed by atoms with van der Waals surface area (Å²) in [5.41, 5.74) is 1.48. The molecule has 1 aromatic heterocycles. The van der Waals surface area contributed by atoms with Gasteiger partial charge in [0, 0.05) is 28.9 Å². The molecule has 0 aliphatic heterocycles. The fraction of sp³-hybridized carbons (Fsp3) is 0.250. The molecule has 0 bridgehead atoms. The number of carbonyl (C=O) groups is 1. The molecule has 1 aliphatic carbocycles. The second kappa shape index (κ2) is 8.27. The molecule has 149 valence electrons. The van der Waals surface area contributed by atoms with Crippen molar-refractivity contribution < 1.29 is 27.0 Å². The van der Waals surface area contributed by atoms with E-state index in [1.165, 1.54) is 19.1 Å². The molecule has 0 saturated heterocycles. The number of Topliss-reactive ketones (excluding diaryl/α,β-unsaturated/α-hetero) is 1. The maximum absolute atomic E-state index is 13.0. The number of halogens is 3. The van der Waals surface area contributed by atoms with Crippen LogP contribution in [-0.2, 0) is 22.5 Å². The molecule has 2 aromatic rings. The van der Waals surface area contributed by atoms with Crippen LogP contribution in [0.3, 0.4) is 0 Å². The van der Waals surface area contributed by atoms with E-state index in [1.807, 2.05) is 0 Å². The summed E-state index contributed by atoms with van der Waals surface area (Å²) in [5.74, 6) is -2.92. The monoisotopic (exact) mass is 420 g/mol. The molecule has 3 rings (SSSR count). The molecule has 9 heteroatoms. The lowest BCUT2D eigenvalue weighted by Gasteiger charge is -2.21. The first kappa shape index (κ1) is 20.9. The Bertz CT molecular complexity index is 1040. The summed E-state index contributed by atoms with van der Waals surface area (Å²) in [4.78, 5) is 15.9. The maximum atomic E-state index is 13.0. The largest absolute Gasteiger partial charge is 0.606 e. The van der Waals surface area contributed by atoms with Crippen molar-refractivity contribution in [2.45, 2.75) is 31.5 Å². The molecule has 0 spiro atoms. The summed E-state index contributed by atoms with van der Waals surface area (Å²) in [7, 11) is 0. The number of aromatic nitrogens is 1. The van der Waals surface area contributed by atoms with Crippen LogP contribution in [0.15, 0.2) is 56.3 Å². The third kappa shape index (κ3) is 4.96. The quantitative estimate of drug-likeness (QED) is 0.692. The van der Waals surface area contributed by atoms with Gasteiger partial charge in [0.05, 0.1) is 5.69 Å². The predicted molar refractivity (Wildman–Crippen MR) is 99.2 cm³/mol. The highest BCUT2D eigenvalue weighted by Crippen LogP contribution is 2.36. The molecular weight excluding hydrogens is 405 g/mol. The number of carbonyl (C=O) groups excluding carboxylic acids is 1. The number of alkyl halides is 3. The van der Waals surface area contributed by atoms with E-state index in [9.17, 15) is 22.5 Å². The lowest BCUT2D eigenvalue weighted by Crippen LogP contribution is -2.31. The average molecular weight is 420 g/mol. The van der Waals surface area contributed by atoms with Crippen LogP contribution in [-0.4, -0.2) is 21.7 Å². The zero-order valence-corrected chi connectivity index (χ0v) is 16.2. The molecule has 0 N–H and O–H groups in total. The minimum atomic E-state index is -4.75. The Kier molecular flexibility index (Phi) is 5.96. The van der Waals surface area contributed by atoms with E-state index in [-0.39, 0.29) is 17.0 Å². The van der Waals surface area contributed by atoms with E-state index in [1.54, 1.807) is 25.1 Å². The van der Waals surface area contributed by atoms with Gasteiger partial charge in [-0.15, -0.1) is 0 Å². The Labute approximate surface area is 167 Å². The van der Waals surface area contributed by atoms with E-state index in [0.29, 0.717) is 22.3 Å². The van der Waals surface area contributed by atoms with Crippen LogP contribution >= 0.6 is 0 Å². The lowest BCUT2D eigenvalue weighted by molar-refractivity contribution is -0.169. The zero-order valence-electron chi connectivity index (χ0n) is 15.4. The molecule has 0 fully saturated rings. The third-order valence-electron chi connectivity index (χ3n) is 4.02. The van der Waals surface area contributed by atoms with Gasteiger partial charge in [0.2, 0.25) is 5.76 Å². The van der Waals surface area contributed by atoms with Crippen molar-refractivity contribution >= 4 is 17.0 Å². The van der Waals surface area contributed by atoms with E-state index >= 15 is 0 Å². The number of aryl methyl sites for hydroxylation is 1. The summed E-state index contributed by atoms with van der Waals surface area (Å²) in [5, 5.41) is 3.75. The third-order valence-corrected chi connectivity index (χ3v) is 5.56. The first-order valence-corrected chi connectivity index (χ1v) is 9.60. The molecule has 2 atom stereocenters. The van der Waals surface area contributed by atoms with E-state index in [0.717, 1.165) is 5.69 Å². The van der Waals surface area contributed by atoms with Crippen molar-refractivity contribution in [3.63, 3.8) is 0 Å². The van der Waals surface area contributed by atoms with Crippen molar-refractivity contribution in [3.8, 4) is 6.07 Å². The summed E-state index contributed by atoms with van der Waals surface area (Å²) in [6.45, 7) is 3.46. The molecule has 1 radical (unpaired) electrons. The highest BCUT2D eigenvalue weighted by Gasteiger charge is 2.46. The van der Waals surface area contributed by atoms with Crippen LogP contribution in [0.2, 0.25) is 0 Å². The Hall–Kier alpha value is -2.83. The van der Waals surface area contributed by atoms with Crippen LogP contribution in [0.5, 0.6) is 0 Å². The molecule has 1 aliphatic rings. The number of hydrogen-bond donors (Lipinski definition) is 0. The predicted octanol–water partition coefficient (Wildman–Crippen LogP) is 4.37. The van der Waals surface area contributed by atoms with Crippen LogP contribution in [0, 0.1) is 25.0 Å². The van der Waals surface area contributed by atoms with Gasteiger partial charge in [0.15, 0.2) is 15.6 Å². The highest BCUT2D eigenvalue weighted by molar-refractivity contribution is 7.95. The lowest BCUT2D eigenvalue weighted by atomic mass is 9.95. The van der Waals surface area contributed by atoms with Crippen molar-refractivity contribution in [1.82, 2.24) is 5.16 Å². The van der Waals surface area contributed by atoms with Gasteiger partial charge in [-0.25, -0.2) is 0 Å². The first-order chi connectivity index (χ1) is 13.6.